The highest BCUT2D eigenvalue weighted by atomic mass is 16.6. The summed E-state index contributed by atoms with van der Waals surface area (Å²) < 4.78 is 4.84. The lowest BCUT2D eigenvalue weighted by Crippen LogP contribution is -2.56. The summed E-state index contributed by atoms with van der Waals surface area (Å²) in [5.74, 6) is -2.39. The summed E-state index contributed by atoms with van der Waals surface area (Å²) in [5.41, 5.74) is 0.458. The van der Waals surface area contributed by atoms with Gasteiger partial charge in [-0.05, 0) is 25.5 Å². The van der Waals surface area contributed by atoms with Crippen LogP contribution in [0.5, 0.6) is 0 Å². The van der Waals surface area contributed by atoms with Gasteiger partial charge in [-0.3, -0.25) is 24.1 Å². The van der Waals surface area contributed by atoms with Crippen LogP contribution in [0.2, 0.25) is 0 Å². The summed E-state index contributed by atoms with van der Waals surface area (Å²) in [6.45, 7) is 1.46. The van der Waals surface area contributed by atoms with E-state index in [-0.39, 0.29) is 24.0 Å². The summed E-state index contributed by atoms with van der Waals surface area (Å²) in [7, 11) is 0. The molecule has 9 nitrogen and oxygen atoms in total. The zero-order valence-electron chi connectivity index (χ0n) is 14.1. The molecule has 136 valence electrons. The van der Waals surface area contributed by atoms with Crippen molar-refractivity contribution in [1.29, 1.82) is 0 Å². The highest BCUT2D eigenvalue weighted by Gasteiger charge is 2.47. The van der Waals surface area contributed by atoms with Gasteiger partial charge in [-0.2, -0.15) is 0 Å². The van der Waals surface area contributed by atoms with Gasteiger partial charge in [0.15, 0.2) is 6.73 Å². The molecular formula is C17H17N3O6. The van der Waals surface area contributed by atoms with E-state index in [0.717, 1.165) is 9.80 Å². The third-order valence-corrected chi connectivity index (χ3v) is 4.27. The highest BCUT2D eigenvalue weighted by molar-refractivity contribution is 6.23. The summed E-state index contributed by atoms with van der Waals surface area (Å²) >= 11 is 0. The molecule has 1 unspecified atom stereocenters. The minimum absolute atomic E-state index is 0.0391. The molecular weight excluding hydrogens is 342 g/mol. The van der Waals surface area contributed by atoms with E-state index in [2.05, 4.69) is 5.32 Å². The molecule has 1 saturated heterocycles. The minimum Gasteiger partial charge on any atom is -0.428 e. The van der Waals surface area contributed by atoms with Crippen molar-refractivity contribution in [1.82, 2.24) is 15.1 Å². The van der Waals surface area contributed by atoms with E-state index >= 15 is 0 Å². The van der Waals surface area contributed by atoms with Gasteiger partial charge in [0.2, 0.25) is 5.91 Å². The summed E-state index contributed by atoms with van der Waals surface area (Å²) in [6.07, 6.45) is -0.764. The molecule has 0 aromatic heterocycles. The van der Waals surface area contributed by atoms with Crippen molar-refractivity contribution in [2.75, 3.05) is 13.3 Å². The normalized spacial score (nSPS) is 19.7. The number of ether oxygens (including phenoxy) is 1. The molecule has 0 radical (unpaired) electrons. The molecule has 26 heavy (non-hydrogen) atoms. The van der Waals surface area contributed by atoms with Gasteiger partial charge in [-0.25, -0.2) is 9.69 Å². The first-order chi connectivity index (χ1) is 12.5. The van der Waals surface area contributed by atoms with Crippen molar-refractivity contribution in [3.8, 4) is 0 Å². The Bertz CT molecular complexity index is 770. The number of hydrogen-bond acceptors (Lipinski definition) is 6. The number of carbonyl (C=O) groups excluding carboxylic acids is 5. The lowest BCUT2D eigenvalue weighted by molar-refractivity contribution is -0.156. The van der Waals surface area contributed by atoms with Gasteiger partial charge in [-0.1, -0.05) is 12.1 Å². The number of carbonyl (C=O) groups is 5. The molecule has 0 spiro atoms. The third-order valence-electron chi connectivity index (χ3n) is 4.27. The van der Waals surface area contributed by atoms with Gasteiger partial charge >= 0.3 is 6.09 Å². The minimum atomic E-state index is -1.10. The van der Waals surface area contributed by atoms with Crippen LogP contribution in [0, 0.1) is 0 Å². The molecule has 1 atom stereocenters. The predicted octanol–water partition coefficient (Wildman–Crippen LogP) is 0.504. The Hall–Kier alpha value is -3.23. The molecule has 2 heterocycles. The van der Waals surface area contributed by atoms with Gasteiger partial charge < -0.3 is 10.1 Å². The number of fused-ring (bicyclic) bond motifs is 1. The number of alkyl carbamates (subject to hydrolysis) is 1. The average molecular weight is 359 g/mol. The number of piperidine rings is 1. The average Bonchev–Trinajstić information content (AvgIpc) is 2.87. The maximum atomic E-state index is 12.7. The monoisotopic (exact) mass is 359 g/mol. The van der Waals surface area contributed by atoms with Crippen LogP contribution in [0.3, 0.4) is 0 Å². The molecule has 1 N–H and O–H groups in total. The largest absolute Gasteiger partial charge is 0.428 e. The number of likely N-dealkylation sites (tertiary alicyclic amines) is 1. The quantitative estimate of drug-likeness (QED) is 0.784. The fourth-order valence-corrected chi connectivity index (χ4v) is 3.01. The van der Waals surface area contributed by atoms with Gasteiger partial charge in [-0.15, -0.1) is 0 Å². The smallest absolute Gasteiger partial charge is 0.408 e. The first-order valence-corrected chi connectivity index (χ1v) is 8.17. The number of nitrogens with one attached hydrogen (secondary N) is 1. The topological polar surface area (TPSA) is 113 Å². The first kappa shape index (κ1) is 17.6. The second-order valence-corrected chi connectivity index (χ2v) is 5.83. The number of nitrogens with zero attached hydrogens (tertiary/aromatic N) is 2. The van der Waals surface area contributed by atoms with Crippen LogP contribution < -0.4 is 5.32 Å². The Morgan fingerprint density at radius 3 is 2.35 bits per heavy atom. The van der Waals surface area contributed by atoms with Crippen LogP contribution >= 0.6 is 0 Å². The van der Waals surface area contributed by atoms with E-state index in [9.17, 15) is 24.0 Å². The predicted molar refractivity (Wildman–Crippen MR) is 86.8 cm³/mol. The van der Waals surface area contributed by atoms with Crippen LogP contribution in [0.15, 0.2) is 24.3 Å². The molecule has 0 aliphatic carbocycles. The number of benzene rings is 1. The Kier molecular flexibility index (Phi) is 4.70. The third kappa shape index (κ3) is 2.92. The van der Waals surface area contributed by atoms with Crippen LogP contribution in [0.4, 0.5) is 4.79 Å². The Morgan fingerprint density at radius 2 is 1.77 bits per heavy atom. The van der Waals surface area contributed by atoms with Crippen LogP contribution in [0.25, 0.3) is 0 Å². The standard InChI is InChI=1S/C17H17N3O6/c1-2-18-17(25)26-9-19-13(21)8-7-12(16(19)24)20-14(22)10-5-3-4-6-11(10)15(20)23/h3-6,12H,2,7-9H2,1H3,(H,18,25). The maximum Gasteiger partial charge on any atom is 0.408 e. The van der Waals surface area contributed by atoms with Crippen molar-refractivity contribution in [3.63, 3.8) is 0 Å². The van der Waals surface area contributed by atoms with Gasteiger partial charge in [0.25, 0.3) is 17.7 Å². The molecule has 5 amide bonds. The first-order valence-electron chi connectivity index (χ1n) is 8.17. The second kappa shape index (κ2) is 6.95. The molecule has 1 fully saturated rings. The van der Waals surface area contributed by atoms with E-state index in [1.165, 1.54) is 12.1 Å². The zero-order chi connectivity index (χ0) is 18.8. The van der Waals surface area contributed by atoms with Crippen molar-refractivity contribution in [3.05, 3.63) is 35.4 Å². The van der Waals surface area contributed by atoms with Crippen molar-refractivity contribution in [2.45, 2.75) is 25.8 Å². The van der Waals surface area contributed by atoms with Crippen LogP contribution in [-0.4, -0.2) is 58.8 Å². The highest BCUT2D eigenvalue weighted by Crippen LogP contribution is 2.28. The summed E-state index contributed by atoms with van der Waals surface area (Å²) in [5, 5.41) is 2.38. The number of rotatable bonds is 4. The molecule has 3 rings (SSSR count). The fraction of sp³-hybridized carbons (Fsp3) is 0.353. The molecule has 1 aromatic carbocycles. The van der Waals surface area contributed by atoms with Gasteiger partial charge in [0, 0.05) is 13.0 Å². The lowest BCUT2D eigenvalue weighted by Gasteiger charge is -2.33. The van der Waals surface area contributed by atoms with Crippen LogP contribution in [-0.2, 0) is 14.3 Å². The Morgan fingerprint density at radius 1 is 1.15 bits per heavy atom. The molecule has 0 saturated carbocycles. The maximum absolute atomic E-state index is 12.7. The van der Waals surface area contributed by atoms with E-state index in [0.29, 0.717) is 6.54 Å². The number of imide groups is 2. The van der Waals surface area contributed by atoms with E-state index in [1.807, 2.05) is 0 Å². The number of amides is 5. The van der Waals surface area contributed by atoms with E-state index in [4.69, 9.17) is 4.74 Å². The molecule has 9 heteroatoms. The SMILES string of the molecule is CCNC(=O)OCN1C(=O)CCC(N2C(=O)c3ccccc3C2=O)C1=O. The lowest BCUT2D eigenvalue weighted by atomic mass is 10.0. The van der Waals surface area contributed by atoms with E-state index in [1.54, 1.807) is 19.1 Å². The van der Waals surface area contributed by atoms with Crippen molar-refractivity contribution < 1.29 is 28.7 Å². The summed E-state index contributed by atoms with van der Waals surface area (Å²) in [6, 6.07) is 5.20. The summed E-state index contributed by atoms with van der Waals surface area (Å²) in [4.78, 5) is 62.8. The van der Waals surface area contributed by atoms with Gasteiger partial charge in [0.1, 0.15) is 6.04 Å². The Labute approximate surface area is 148 Å². The molecule has 2 aliphatic rings. The molecule has 1 aromatic rings. The van der Waals surface area contributed by atoms with Crippen molar-refractivity contribution >= 4 is 29.7 Å². The number of hydrogen-bond donors (Lipinski definition) is 1. The van der Waals surface area contributed by atoms with Crippen LogP contribution in [0.1, 0.15) is 40.5 Å². The van der Waals surface area contributed by atoms with Gasteiger partial charge in [0.05, 0.1) is 11.1 Å². The van der Waals surface area contributed by atoms with Crippen molar-refractivity contribution in [2.24, 2.45) is 0 Å². The molecule has 0 bridgehead atoms. The zero-order valence-corrected chi connectivity index (χ0v) is 14.1. The second-order valence-electron chi connectivity index (χ2n) is 5.83. The molecule has 2 aliphatic heterocycles. The Balaban J connectivity index is 1.78. The van der Waals surface area contributed by atoms with E-state index < -0.39 is 42.5 Å². The fourth-order valence-electron chi connectivity index (χ4n) is 3.01.